The number of ether oxygens (including phenoxy) is 2. The first-order chi connectivity index (χ1) is 9.79. The minimum atomic E-state index is 0.305. The number of anilines is 1. The Bertz CT molecular complexity index is 634. The molecule has 104 valence electrons. The maximum atomic E-state index is 5.87. The Morgan fingerprint density at radius 3 is 2.85 bits per heavy atom. The molecule has 0 amide bonds. The van der Waals surface area contributed by atoms with Crippen LogP contribution in [0.5, 0.6) is 11.5 Å². The third-order valence-corrected chi connectivity index (χ3v) is 4.00. The predicted octanol–water partition coefficient (Wildman–Crippen LogP) is 3.74. The highest BCUT2D eigenvalue weighted by molar-refractivity contribution is 5.55. The van der Waals surface area contributed by atoms with Gasteiger partial charge in [-0.2, -0.15) is 0 Å². The number of hydrogen-bond acceptors (Lipinski definition) is 4. The maximum Gasteiger partial charge on any atom is 0.231 e. The third kappa shape index (κ3) is 2.11. The van der Waals surface area contributed by atoms with Gasteiger partial charge in [-0.15, -0.1) is 0 Å². The normalized spacial score (nSPS) is 22.9. The second-order valence-corrected chi connectivity index (χ2v) is 5.55. The SMILES string of the molecule is CC1CC1c1ccc(CNc2ccc3c(c2)OCO3)o1. The summed E-state index contributed by atoms with van der Waals surface area (Å²) >= 11 is 0. The molecule has 2 atom stereocenters. The minimum Gasteiger partial charge on any atom is -0.464 e. The van der Waals surface area contributed by atoms with Crippen LogP contribution in [-0.4, -0.2) is 6.79 Å². The zero-order valence-corrected chi connectivity index (χ0v) is 11.4. The van der Waals surface area contributed by atoms with E-state index < -0.39 is 0 Å². The quantitative estimate of drug-likeness (QED) is 0.919. The molecule has 1 fully saturated rings. The Labute approximate surface area is 117 Å². The molecular weight excluding hydrogens is 254 g/mol. The molecule has 2 aliphatic rings. The highest BCUT2D eigenvalue weighted by Crippen LogP contribution is 2.47. The average molecular weight is 271 g/mol. The van der Waals surface area contributed by atoms with Gasteiger partial charge in [0.2, 0.25) is 6.79 Å². The Balaban J connectivity index is 1.41. The van der Waals surface area contributed by atoms with Crippen molar-refractivity contribution in [3.63, 3.8) is 0 Å². The fourth-order valence-electron chi connectivity index (χ4n) is 2.60. The molecule has 2 aromatic rings. The van der Waals surface area contributed by atoms with Crippen molar-refractivity contribution in [3.05, 3.63) is 41.9 Å². The molecule has 4 nitrogen and oxygen atoms in total. The summed E-state index contributed by atoms with van der Waals surface area (Å²) in [6.45, 7) is 3.25. The Hall–Kier alpha value is -2.10. The predicted molar refractivity (Wildman–Crippen MR) is 75.1 cm³/mol. The zero-order chi connectivity index (χ0) is 13.5. The molecule has 4 heteroatoms. The van der Waals surface area contributed by atoms with Crippen LogP contribution in [-0.2, 0) is 6.54 Å². The summed E-state index contributed by atoms with van der Waals surface area (Å²) < 4.78 is 16.5. The van der Waals surface area contributed by atoms with Gasteiger partial charge in [0, 0.05) is 17.7 Å². The van der Waals surface area contributed by atoms with Crippen LogP contribution >= 0.6 is 0 Å². The van der Waals surface area contributed by atoms with Gasteiger partial charge in [-0.05, 0) is 36.6 Å². The minimum absolute atomic E-state index is 0.305. The monoisotopic (exact) mass is 271 g/mol. The first-order valence-corrected chi connectivity index (χ1v) is 7.02. The second kappa shape index (κ2) is 4.47. The van der Waals surface area contributed by atoms with Crippen molar-refractivity contribution < 1.29 is 13.9 Å². The molecule has 1 saturated carbocycles. The third-order valence-electron chi connectivity index (χ3n) is 4.00. The maximum absolute atomic E-state index is 5.87. The van der Waals surface area contributed by atoms with Gasteiger partial charge in [0.05, 0.1) is 6.54 Å². The molecule has 0 saturated heterocycles. The van der Waals surface area contributed by atoms with E-state index in [1.54, 1.807) is 0 Å². The van der Waals surface area contributed by atoms with Gasteiger partial charge in [-0.25, -0.2) is 0 Å². The summed E-state index contributed by atoms with van der Waals surface area (Å²) in [4.78, 5) is 0. The van der Waals surface area contributed by atoms with Crippen molar-refractivity contribution in [2.45, 2.75) is 25.8 Å². The highest BCUT2D eigenvalue weighted by Gasteiger charge is 2.36. The van der Waals surface area contributed by atoms with Crippen molar-refractivity contribution in [2.24, 2.45) is 5.92 Å². The topological polar surface area (TPSA) is 43.6 Å². The van der Waals surface area contributed by atoms with Gasteiger partial charge in [-0.1, -0.05) is 6.92 Å². The number of hydrogen-bond donors (Lipinski definition) is 1. The van der Waals surface area contributed by atoms with E-state index in [0.29, 0.717) is 19.3 Å². The molecule has 0 bridgehead atoms. The smallest absolute Gasteiger partial charge is 0.231 e. The van der Waals surface area contributed by atoms with E-state index in [1.807, 2.05) is 18.2 Å². The molecule has 1 aromatic carbocycles. The fourth-order valence-corrected chi connectivity index (χ4v) is 2.60. The lowest BCUT2D eigenvalue weighted by Crippen LogP contribution is -1.97. The Morgan fingerprint density at radius 2 is 2.00 bits per heavy atom. The Kier molecular flexibility index (Phi) is 2.62. The van der Waals surface area contributed by atoms with Crippen molar-refractivity contribution in [1.29, 1.82) is 0 Å². The number of nitrogens with one attached hydrogen (secondary N) is 1. The largest absolute Gasteiger partial charge is 0.464 e. The lowest BCUT2D eigenvalue weighted by Gasteiger charge is -2.05. The van der Waals surface area contributed by atoms with Crippen LogP contribution in [0.25, 0.3) is 0 Å². The van der Waals surface area contributed by atoms with Gasteiger partial charge in [0.1, 0.15) is 11.5 Å². The van der Waals surface area contributed by atoms with Gasteiger partial charge in [0.25, 0.3) is 0 Å². The summed E-state index contributed by atoms with van der Waals surface area (Å²) in [5.74, 6) is 5.10. The summed E-state index contributed by atoms with van der Waals surface area (Å²) in [6, 6.07) is 10.0. The summed E-state index contributed by atoms with van der Waals surface area (Å²) in [6.07, 6.45) is 1.25. The first-order valence-electron chi connectivity index (χ1n) is 7.02. The molecular formula is C16H17NO3. The van der Waals surface area contributed by atoms with E-state index in [1.165, 1.54) is 6.42 Å². The molecule has 1 aromatic heterocycles. The van der Waals surface area contributed by atoms with Crippen molar-refractivity contribution >= 4 is 5.69 Å². The molecule has 1 N–H and O–H groups in total. The second-order valence-electron chi connectivity index (χ2n) is 5.55. The van der Waals surface area contributed by atoms with Crippen LogP contribution in [0.4, 0.5) is 5.69 Å². The van der Waals surface area contributed by atoms with E-state index in [4.69, 9.17) is 13.9 Å². The summed E-state index contributed by atoms with van der Waals surface area (Å²) in [5, 5.41) is 3.35. The van der Waals surface area contributed by atoms with E-state index in [9.17, 15) is 0 Å². The molecule has 1 aliphatic heterocycles. The first kappa shape index (κ1) is 11.7. The lowest BCUT2D eigenvalue weighted by molar-refractivity contribution is 0.174. The molecule has 2 unspecified atom stereocenters. The lowest BCUT2D eigenvalue weighted by atomic mass is 10.2. The van der Waals surface area contributed by atoms with Gasteiger partial charge >= 0.3 is 0 Å². The zero-order valence-electron chi connectivity index (χ0n) is 11.4. The van der Waals surface area contributed by atoms with Crippen LogP contribution < -0.4 is 14.8 Å². The highest BCUT2D eigenvalue weighted by atomic mass is 16.7. The van der Waals surface area contributed by atoms with Crippen LogP contribution in [0.1, 0.15) is 30.8 Å². The summed E-state index contributed by atoms with van der Waals surface area (Å²) in [7, 11) is 0. The van der Waals surface area contributed by atoms with Crippen molar-refractivity contribution in [2.75, 3.05) is 12.1 Å². The standard InChI is InChI=1S/C16H17NO3/c1-10-6-13(10)14-5-3-12(20-14)8-17-11-2-4-15-16(7-11)19-9-18-15/h2-5,7,10,13,17H,6,8-9H2,1H3. The molecule has 2 heterocycles. The Morgan fingerprint density at radius 1 is 1.15 bits per heavy atom. The number of benzene rings is 1. The van der Waals surface area contributed by atoms with Crippen molar-refractivity contribution in [1.82, 2.24) is 0 Å². The molecule has 0 radical (unpaired) electrons. The van der Waals surface area contributed by atoms with E-state index >= 15 is 0 Å². The van der Waals surface area contributed by atoms with Crippen LogP contribution in [0.3, 0.4) is 0 Å². The van der Waals surface area contributed by atoms with Crippen molar-refractivity contribution in [3.8, 4) is 11.5 Å². The van der Waals surface area contributed by atoms with Gasteiger partial charge < -0.3 is 19.2 Å². The number of furan rings is 1. The molecule has 0 spiro atoms. The average Bonchev–Trinajstić information content (AvgIpc) is 2.91. The summed E-state index contributed by atoms with van der Waals surface area (Å²) in [5.41, 5.74) is 1.01. The van der Waals surface area contributed by atoms with Gasteiger partial charge in [-0.3, -0.25) is 0 Å². The van der Waals surface area contributed by atoms with Crippen LogP contribution in [0, 0.1) is 5.92 Å². The molecule has 20 heavy (non-hydrogen) atoms. The fraction of sp³-hybridized carbons (Fsp3) is 0.375. The van der Waals surface area contributed by atoms with E-state index in [2.05, 4.69) is 24.4 Å². The van der Waals surface area contributed by atoms with Crippen LogP contribution in [0.2, 0.25) is 0 Å². The van der Waals surface area contributed by atoms with Gasteiger partial charge in [0.15, 0.2) is 11.5 Å². The molecule has 1 aliphatic carbocycles. The van der Waals surface area contributed by atoms with E-state index in [-0.39, 0.29) is 0 Å². The molecule has 4 rings (SSSR count). The number of rotatable bonds is 4. The number of fused-ring (bicyclic) bond motifs is 1. The van der Waals surface area contributed by atoms with E-state index in [0.717, 1.165) is 34.6 Å². The van der Waals surface area contributed by atoms with Crippen LogP contribution in [0.15, 0.2) is 34.7 Å².